The van der Waals surface area contributed by atoms with Gasteiger partial charge in [-0.1, -0.05) is 12.1 Å². The van der Waals surface area contributed by atoms with Gasteiger partial charge in [-0.15, -0.1) is 9.13 Å². The molecule has 8 rings (SSSR count). The highest BCUT2D eigenvalue weighted by molar-refractivity contribution is 6.09. The molecule has 0 fully saturated rings. The van der Waals surface area contributed by atoms with Gasteiger partial charge in [-0.2, -0.15) is 0 Å². The molecule has 0 amide bonds. The van der Waals surface area contributed by atoms with Crippen LogP contribution in [-0.4, -0.2) is 4.98 Å². The minimum absolute atomic E-state index is 0.500. The first-order chi connectivity index (χ1) is 15.9. The minimum Gasteiger partial charge on any atom is -0.437 e. The predicted molar refractivity (Wildman–Crippen MR) is 121 cm³/mol. The number of benzene rings is 2. The van der Waals surface area contributed by atoms with Gasteiger partial charge < -0.3 is 4.42 Å². The Morgan fingerprint density at radius 1 is 0.656 bits per heavy atom. The van der Waals surface area contributed by atoms with Crippen LogP contribution in [0, 0.1) is 0 Å². The number of hydrogen-bond donors (Lipinski definition) is 0. The van der Waals surface area contributed by atoms with Crippen molar-refractivity contribution in [3.63, 3.8) is 0 Å². The first-order valence-electron chi connectivity index (χ1n) is 10.8. The van der Waals surface area contributed by atoms with E-state index in [-0.39, 0.29) is 0 Å². The molecule has 4 nitrogen and oxygen atoms in total. The fourth-order valence-electron chi connectivity index (χ4n) is 5.88. The van der Waals surface area contributed by atoms with Crippen molar-refractivity contribution < 1.29 is 13.6 Å². The zero-order valence-corrected chi connectivity index (χ0v) is 17.1. The zero-order valence-electron chi connectivity index (χ0n) is 17.1. The average Bonchev–Trinajstić information content (AvgIpc) is 3.48. The lowest BCUT2D eigenvalue weighted by Crippen LogP contribution is -2.71. The molecule has 0 radical (unpaired) electrons. The van der Waals surface area contributed by atoms with Crippen molar-refractivity contribution in [1.82, 2.24) is 4.98 Å². The molecule has 32 heavy (non-hydrogen) atoms. The van der Waals surface area contributed by atoms with Crippen molar-refractivity contribution in [2.45, 2.75) is 5.66 Å². The maximum atomic E-state index is 6.40. The Balaban J connectivity index is 1.62. The molecular formula is C28H17N3O+2. The van der Waals surface area contributed by atoms with Gasteiger partial charge in [0.15, 0.2) is 18.0 Å². The predicted octanol–water partition coefficient (Wildman–Crippen LogP) is 4.81. The summed E-state index contributed by atoms with van der Waals surface area (Å²) in [5.74, 6) is 0. The van der Waals surface area contributed by atoms with Crippen LogP contribution in [0.2, 0.25) is 0 Å². The first kappa shape index (κ1) is 16.4. The molecule has 148 valence electrons. The van der Waals surface area contributed by atoms with E-state index < -0.39 is 5.66 Å². The van der Waals surface area contributed by atoms with Gasteiger partial charge in [-0.05, 0) is 48.5 Å². The standard InChI is InChI=1S/C28H17N3O/c1-2-10-21-20(8-1)23-11-3-5-16-30(23)28(21)22-14-13-18-19-9-7-15-29-27(19)32-26(18)25(22)24-12-4-6-17-31(24)28/h1-17H/q+2/t28-/m0/s1. The summed E-state index contributed by atoms with van der Waals surface area (Å²) < 4.78 is 11.2. The van der Waals surface area contributed by atoms with Crippen LogP contribution in [0.4, 0.5) is 0 Å². The Bertz CT molecular complexity index is 1700. The second-order valence-electron chi connectivity index (χ2n) is 8.45. The summed E-state index contributed by atoms with van der Waals surface area (Å²) in [6.07, 6.45) is 6.17. The molecule has 1 atom stereocenters. The lowest BCUT2D eigenvalue weighted by atomic mass is 9.89. The van der Waals surface area contributed by atoms with E-state index in [4.69, 9.17) is 4.42 Å². The zero-order chi connectivity index (χ0) is 20.9. The third-order valence-corrected chi connectivity index (χ3v) is 7.05. The molecule has 0 aliphatic carbocycles. The van der Waals surface area contributed by atoms with Crippen molar-refractivity contribution in [3.05, 3.63) is 115 Å². The van der Waals surface area contributed by atoms with Crippen molar-refractivity contribution in [1.29, 1.82) is 0 Å². The molecule has 0 saturated carbocycles. The molecule has 1 spiro atoms. The van der Waals surface area contributed by atoms with Crippen LogP contribution < -0.4 is 9.13 Å². The number of nitrogens with zero attached hydrogens (tertiary/aromatic N) is 3. The van der Waals surface area contributed by atoms with E-state index in [9.17, 15) is 0 Å². The smallest absolute Gasteiger partial charge is 0.417 e. The summed E-state index contributed by atoms with van der Waals surface area (Å²) in [6, 6.07) is 30.1. The number of furan rings is 1. The Morgan fingerprint density at radius 3 is 2.34 bits per heavy atom. The summed E-state index contributed by atoms with van der Waals surface area (Å²) in [6.45, 7) is 0. The Kier molecular flexibility index (Phi) is 2.81. The number of rotatable bonds is 0. The quantitative estimate of drug-likeness (QED) is 0.336. The van der Waals surface area contributed by atoms with Crippen LogP contribution in [0.25, 0.3) is 44.6 Å². The van der Waals surface area contributed by atoms with Crippen molar-refractivity contribution in [2.24, 2.45) is 0 Å². The highest BCUT2D eigenvalue weighted by Crippen LogP contribution is 2.49. The second-order valence-corrected chi connectivity index (χ2v) is 8.45. The summed E-state index contributed by atoms with van der Waals surface area (Å²) in [4.78, 5) is 4.48. The molecule has 6 aromatic rings. The molecule has 2 aliphatic heterocycles. The first-order valence-corrected chi connectivity index (χ1v) is 10.8. The van der Waals surface area contributed by atoms with Gasteiger partial charge in [0, 0.05) is 41.2 Å². The van der Waals surface area contributed by atoms with Crippen LogP contribution in [0.3, 0.4) is 0 Å². The molecule has 4 aromatic heterocycles. The van der Waals surface area contributed by atoms with Gasteiger partial charge in [0.1, 0.15) is 16.7 Å². The minimum atomic E-state index is -0.500. The highest BCUT2D eigenvalue weighted by Gasteiger charge is 2.66. The van der Waals surface area contributed by atoms with Crippen molar-refractivity contribution in [3.8, 4) is 22.5 Å². The van der Waals surface area contributed by atoms with E-state index in [2.05, 4.69) is 105 Å². The maximum Gasteiger partial charge on any atom is 0.417 e. The van der Waals surface area contributed by atoms with E-state index in [0.717, 1.165) is 27.6 Å². The van der Waals surface area contributed by atoms with Gasteiger partial charge in [0.25, 0.3) is 0 Å². The van der Waals surface area contributed by atoms with Crippen molar-refractivity contribution in [2.75, 3.05) is 0 Å². The van der Waals surface area contributed by atoms with Crippen LogP contribution >= 0.6 is 0 Å². The average molecular weight is 411 g/mol. The third kappa shape index (κ3) is 1.68. The summed E-state index contributed by atoms with van der Waals surface area (Å²) in [7, 11) is 0. The SMILES string of the molecule is c1ccc2c(c1)-c1cccc[n+]1[C@@]21c2ccc3c(oc4ncccc43)c2-c2cccc[n+]21. The van der Waals surface area contributed by atoms with Gasteiger partial charge in [-0.3, -0.25) is 0 Å². The van der Waals surface area contributed by atoms with Gasteiger partial charge in [-0.25, -0.2) is 4.98 Å². The molecular weight excluding hydrogens is 394 g/mol. The lowest BCUT2D eigenvalue weighted by Gasteiger charge is -2.16. The largest absolute Gasteiger partial charge is 0.437 e. The van der Waals surface area contributed by atoms with Crippen LogP contribution in [0.1, 0.15) is 11.1 Å². The molecule has 2 aliphatic rings. The summed E-state index contributed by atoms with van der Waals surface area (Å²) >= 11 is 0. The highest BCUT2D eigenvalue weighted by atomic mass is 16.3. The maximum absolute atomic E-state index is 6.40. The van der Waals surface area contributed by atoms with Gasteiger partial charge in [0.05, 0.1) is 5.56 Å². The molecule has 6 heterocycles. The van der Waals surface area contributed by atoms with Gasteiger partial charge in [0.2, 0.25) is 17.1 Å². The second kappa shape index (κ2) is 5.48. The number of fused-ring (bicyclic) bond motifs is 14. The van der Waals surface area contributed by atoms with E-state index >= 15 is 0 Å². The van der Waals surface area contributed by atoms with Crippen molar-refractivity contribution >= 4 is 22.1 Å². The topological polar surface area (TPSA) is 33.8 Å². The summed E-state index contributed by atoms with van der Waals surface area (Å²) in [5.41, 5.74) is 8.33. The van der Waals surface area contributed by atoms with E-state index in [1.165, 1.54) is 22.4 Å². The molecule has 0 bridgehead atoms. The van der Waals surface area contributed by atoms with E-state index in [1.807, 2.05) is 6.07 Å². The Hall–Kier alpha value is -4.31. The number of hydrogen-bond acceptors (Lipinski definition) is 2. The molecule has 0 unspecified atom stereocenters. The normalized spacial score (nSPS) is 17.5. The third-order valence-electron chi connectivity index (χ3n) is 7.05. The van der Waals surface area contributed by atoms with Gasteiger partial charge >= 0.3 is 5.66 Å². The molecule has 2 aromatic carbocycles. The number of pyridine rings is 3. The van der Waals surface area contributed by atoms with E-state index in [1.54, 1.807) is 6.20 Å². The van der Waals surface area contributed by atoms with Crippen LogP contribution in [-0.2, 0) is 5.66 Å². The fraction of sp³-hybridized carbons (Fsp3) is 0.0357. The Labute approximate surface area is 183 Å². The monoisotopic (exact) mass is 411 g/mol. The fourth-order valence-corrected chi connectivity index (χ4v) is 5.88. The van der Waals surface area contributed by atoms with E-state index in [0.29, 0.717) is 5.71 Å². The summed E-state index contributed by atoms with van der Waals surface area (Å²) in [5, 5.41) is 2.15. The molecule has 4 heteroatoms. The number of aromatic nitrogens is 3. The lowest BCUT2D eigenvalue weighted by molar-refractivity contribution is -0.955. The van der Waals surface area contributed by atoms with Crippen LogP contribution in [0.5, 0.6) is 0 Å². The van der Waals surface area contributed by atoms with Crippen LogP contribution in [0.15, 0.2) is 108 Å². The molecule has 0 N–H and O–H groups in total. The Morgan fingerprint density at radius 2 is 1.44 bits per heavy atom. The molecule has 0 saturated heterocycles.